The van der Waals surface area contributed by atoms with Gasteiger partial charge in [0.05, 0.1) is 0 Å². The van der Waals surface area contributed by atoms with Crippen molar-refractivity contribution in [2.45, 2.75) is 20.0 Å². The zero-order chi connectivity index (χ0) is 11.0. The molecule has 6 nitrogen and oxygen atoms in total. The number of aryl methyl sites for hydroxylation is 2. The van der Waals surface area contributed by atoms with Crippen LogP contribution >= 0.6 is 0 Å². The van der Waals surface area contributed by atoms with Crippen molar-refractivity contribution < 1.29 is 5.11 Å². The molecule has 0 aliphatic rings. The molecular weight excluding hydrogens is 194 g/mol. The third-order valence-corrected chi connectivity index (χ3v) is 2.24. The van der Waals surface area contributed by atoms with Crippen molar-refractivity contribution in [1.82, 2.24) is 19.6 Å². The maximum atomic E-state index is 9.63. The molecule has 2 rings (SSSR count). The van der Waals surface area contributed by atoms with Crippen molar-refractivity contribution >= 4 is 5.78 Å². The predicted molar refractivity (Wildman–Crippen MR) is 54.3 cm³/mol. The molecular formula is C9H13N5O. The van der Waals surface area contributed by atoms with Crippen LogP contribution in [-0.2, 0) is 0 Å². The largest absolute Gasteiger partial charge is 0.384 e. The van der Waals surface area contributed by atoms with Gasteiger partial charge in [0.25, 0.3) is 5.78 Å². The van der Waals surface area contributed by atoms with Gasteiger partial charge < -0.3 is 10.8 Å². The minimum Gasteiger partial charge on any atom is -0.384 e. The van der Waals surface area contributed by atoms with E-state index < -0.39 is 6.10 Å². The summed E-state index contributed by atoms with van der Waals surface area (Å²) < 4.78 is 1.71. The van der Waals surface area contributed by atoms with E-state index in [-0.39, 0.29) is 6.54 Å². The molecule has 0 aliphatic carbocycles. The number of aliphatic hydroxyl groups excluding tert-OH is 1. The summed E-state index contributed by atoms with van der Waals surface area (Å²) in [5.41, 5.74) is 7.19. The highest BCUT2D eigenvalue weighted by atomic mass is 16.3. The minimum absolute atomic E-state index is 0.119. The van der Waals surface area contributed by atoms with Crippen LogP contribution in [0.5, 0.6) is 0 Å². The van der Waals surface area contributed by atoms with Crippen LogP contribution in [-0.4, -0.2) is 31.2 Å². The number of aromatic nitrogens is 4. The second kappa shape index (κ2) is 3.56. The highest BCUT2D eigenvalue weighted by molar-refractivity contribution is 5.32. The van der Waals surface area contributed by atoms with Gasteiger partial charge in [-0.25, -0.2) is 4.98 Å². The Bertz CT molecular complexity index is 492. The zero-order valence-corrected chi connectivity index (χ0v) is 8.68. The molecule has 80 valence electrons. The molecule has 2 aromatic heterocycles. The summed E-state index contributed by atoms with van der Waals surface area (Å²) in [5, 5.41) is 17.4. The Kier molecular flexibility index (Phi) is 2.37. The van der Waals surface area contributed by atoms with Crippen molar-refractivity contribution in [2.75, 3.05) is 6.54 Å². The number of aliphatic hydroxyl groups is 1. The SMILES string of the molecule is Cc1cc(C)n2c(C(O)CN)nnc2n1. The molecule has 0 saturated carbocycles. The first-order valence-corrected chi connectivity index (χ1v) is 4.71. The molecule has 0 saturated heterocycles. The summed E-state index contributed by atoms with van der Waals surface area (Å²) in [4.78, 5) is 4.21. The first-order chi connectivity index (χ1) is 7.13. The van der Waals surface area contributed by atoms with Gasteiger partial charge in [0.1, 0.15) is 6.10 Å². The lowest BCUT2D eigenvalue weighted by atomic mass is 10.3. The van der Waals surface area contributed by atoms with Crippen molar-refractivity contribution in [3.05, 3.63) is 23.3 Å². The molecule has 6 heteroatoms. The average molecular weight is 207 g/mol. The summed E-state index contributed by atoms with van der Waals surface area (Å²) in [6.45, 7) is 3.92. The second-order valence-corrected chi connectivity index (χ2v) is 3.48. The fraction of sp³-hybridized carbons (Fsp3) is 0.444. The van der Waals surface area contributed by atoms with E-state index in [0.29, 0.717) is 11.6 Å². The van der Waals surface area contributed by atoms with Crippen LogP contribution in [0, 0.1) is 13.8 Å². The maximum Gasteiger partial charge on any atom is 0.255 e. The van der Waals surface area contributed by atoms with Crippen LogP contribution in [0.3, 0.4) is 0 Å². The Balaban J connectivity index is 2.69. The van der Waals surface area contributed by atoms with E-state index in [1.54, 1.807) is 4.40 Å². The van der Waals surface area contributed by atoms with Crippen LogP contribution < -0.4 is 5.73 Å². The van der Waals surface area contributed by atoms with Gasteiger partial charge in [0.15, 0.2) is 5.82 Å². The number of fused-ring (bicyclic) bond motifs is 1. The summed E-state index contributed by atoms with van der Waals surface area (Å²) in [6.07, 6.45) is -0.803. The Labute approximate surface area is 86.8 Å². The van der Waals surface area contributed by atoms with Crippen LogP contribution in [0.1, 0.15) is 23.3 Å². The van der Waals surface area contributed by atoms with Crippen LogP contribution in [0.4, 0.5) is 0 Å². The third-order valence-electron chi connectivity index (χ3n) is 2.24. The molecule has 0 spiro atoms. The fourth-order valence-corrected chi connectivity index (χ4v) is 1.58. The third kappa shape index (κ3) is 1.57. The number of hydrogen-bond donors (Lipinski definition) is 2. The van der Waals surface area contributed by atoms with E-state index >= 15 is 0 Å². The lowest BCUT2D eigenvalue weighted by Gasteiger charge is -2.07. The summed E-state index contributed by atoms with van der Waals surface area (Å²) >= 11 is 0. The van der Waals surface area contributed by atoms with Crippen LogP contribution in [0.2, 0.25) is 0 Å². The van der Waals surface area contributed by atoms with Gasteiger partial charge in [-0.2, -0.15) is 0 Å². The van der Waals surface area contributed by atoms with Gasteiger partial charge in [0, 0.05) is 17.9 Å². The molecule has 2 heterocycles. The zero-order valence-electron chi connectivity index (χ0n) is 8.68. The van der Waals surface area contributed by atoms with Crippen molar-refractivity contribution in [1.29, 1.82) is 0 Å². The van der Waals surface area contributed by atoms with E-state index in [2.05, 4.69) is 15.2 Å². The van der Waals surface area contributed by atoms with Gasteiger partial charge in [-0.15, -0.1) is 10.2 Å². The van der Waals surface area contributed by atoms with E-state index in [9.17, 15) is 5.11 Å². The van der Waals surface area contributed by atoms with Crippen molar-refractivity contribution in [3.8, 4) is 0 Å². The normalized spacial score (nSPS) is 13.3. The molecule has 0 aliphatic heterocycles. The summed E-state index contributed by atoms with van der Waals surface area (Å²) in [6, 6.07) is 1.91. The lowest BCUT2D eigenvalue weighted by Crippen LogP contribution is -2.15. The standard InChI is InChI=1S/C9H13N5O/c1-5-3-6(2)14-8(7(15)4-10)12-13-9(14)11-5/h3,7,15H,4,10H2,1-2H3. The topological polar surface area (TPSA) is 89.3 Å². The molecule has 0 bridgehead atoms. The average Bonchev–Trinajstić information content (AvgIpc) is 2.60. The van der Waals surface area contributed by atoms with E-state index in [0.717, 1.165) is 11.4 Å². The Morgan fingerprint density at radius 1 is 1.47 bits per heavy atom. The van der Waals surface area contributed by atoms with E-state index in [1.807, 2.05) is 19.9 Å². The molecule has 0 radical (unpaired) electrons. The first kappa shape index (κ1) is 10.0. The summed E-state index contributed by atoms with van der Waals surface area (Å²) in [5.74, 6) is 0.938. The molecule has 3 N–H and O–H groups in total. The number of nitrogens with two attached hydrogens (primary N) is 1. The lowest BCUT2D eigenvalue weighted by molar-refractivity contribution is 0.175. The maximum absolute atomic E-state index is 9.63. The molecule has 1 unspecified atom stereocenters. The smallest absolute Gasteiger partial charge is 0.255 e. The van der Waals surface area contributed by atoms with Gasteiger partial charge in [-0.3, -0.25) is 4.40 Å². The fourth-order valence-electron chi connectivity index (χ4n) is 1.58. The molecule has 15 heavy (non-hydrogen) atoms. The number of nitrogens with zero attached hydrogens (tertiary/aromatic N) is 4. The monoisotopic (exact) mass is 207 g/mol. The molecule has 2 aromatic rings. The Morgan fingerprint density at radius 2 is 2.20 bits per heavy atom. The van der Waals surface area contributed by atoms with Gasteiger partial charge in [-0.05, 0) is 19.9 Å². The van der Waals surface area contributed by atoms with Crippen LogP contribution in [0.15, 0.2) is 6.07 Å². The van der Waals surface area contributed by atoms with Crippen molar-refractivity contribution in [2.24, 2.45) is 5.73 Å². The first-order valence-electron chi connectivity index (χ1n) is 4.71. The molecule has 0 fully saturated rings. The van der Waals surface area contributed by atoms with E-state index in [4.69, 9.17) is 5.73 Å². The predicted octanol–water partition coefficient (Wildman–Crippen LogP) is -0.267. The molecule has 0 amide bonds. The Hall–Kier alpha value is -1.53. The Morgan fingerprint density at radius 3 is 2.87 bits per heavy atom. The summed E-state index contributed by atoms with van der Waals surface area (Å²) in [7, 11) is 0. The number of rotatable bonds is 2. The quantitative estimate of drug-likeness (QED) is 0.707. The van der Waals surface area contributed by atoms with Crippen molar-refractivity contribution in [3.63, 3.8) is 0 Å². The number of hydrogen-bond acceptors (Lipinski definition) is 5. The van der Waals surface area contributed by atoms with E-state index in [1.165, 1.54) is 0 Å². The van der Waals surface area contributed by atoms with Gasteiger partial charge in [0.2, 0.25) is 0 Å². The van der Waals surface area contributed by atoms with Crippen LogP contribution in [0.25, 0.3) is 5.78 Å². The minimum atomic E-state index is -0.803. The highest BCUT2D eigenvalue weighted by Gasteiger charge is 2.15. The molecule has 1 atom stereocenters. The molecule has 0 aromatic carbocycles. The second-order valence-electron chi connectivity index (χ2n) is 3.48. The van der Waals surface area contributed by atoms with Gasteiger partial charge >= 0.3 is 0 Å². The van der Waals surface area contributed by atoms with Gasteiger partial charge in [-0.1, -0.05) is 0 Å². The highest BCUT2D eigenvalue weighted by Crippen LogP contribution is 2.13.